The summed E-state index contributed by atoms with van der Waals surface area (Å²) in [5.74, 6) is 0.264. The fraction of sp³-hybridized carbons (Fsp3) is 0.312. The molecular weight excluding hydrogens is 331 g/mol. The number of likely N-dealkylation sites (N-methyl/N-ethyl adjacent to an activating group) is 1. The van der Waals surface area contributed by atoms with Gasteiger partial charge in [0.15, 0.2) is 5.13 Å². The number of amides is 1. The molecule has 1 aromatic carbocycles. The van der Waals surface area contributed by atoms with E-state index < -0.39 is 0 Å². The number of aryl methyl sites for hydroxylation is 2. The Morgan fingerprint density at radius 1 is 1.42 bits per heavy atom. The molecule has 0 aliphatic heterocycles. The van der Waals surface area contributed by atoms with Crippen LogP contribution in [0, 0.1) is 19.7 Å². The van der Waals surface area contributed by atoms with Crippen molar-refractivity contribution in [3.05, 3.63) is 41.0 Å². The van der Waals surface area contributed by atoms with Crippen molar-refractivity contribution in [3.8, 4) is 0 Å². The molecule has 0 bridgehead atoms. The number of fused-ring (bicyclic) bond motifs is 1. The summed E-state index contributed by atoms with van der Waals surface area (Å²) < 4.78 is 19.0. The molecule has 2 heterocycles. The van der Waals surface area contributed by atoms with Gasteiger partial charge in [0.25, 0.3) is 0 Å². The summed E-state index contributed by atoms with van der Waals surface area (Å²) in [6, 6.07) is 4.36. The zero-order valence-corrected chi connectivity index (χ0v) is 14.4. The quantitative estimate of drug-likeness (QED) is 0.767. The van der Waals surface area contributed by atoms with Crippen LogP contribution < -0.4 is 5.32 Å². The summed E-state index contributed by atoms with van der Waals surface area (Å²) in [6.45, 7) is 4.50. The van der Waals surface area contributed by atoms with Crippen molar-refractivity contribution in [1.82, 2.24) is 15.0 Å². The minimum absolute atomic E-state index is 0.177. The van der Waals surface area contributed by atoms with E-state index in [0.717, 1.165) is 17.0 Å². The number of anilines is 1. The van der Waals surface area contributed by atoms with E-state index in [2.05, 4.69) is 15.5 Å². The van der Waals surface area contributed by atoms with E-state index in [-0.39, 0.29) is 18.3 Å². The second kappa shape index (κ2) is 6.66. The molecule has 0 fully saturated rings. The van der Waals surface area contributed by atoms with Crippen molar-refractivity contribution in [3.63, 3.8) is 0 Å². The number of aromatic nitrogens is 2. The molecule has 2 aromatic heterocycles. The Hall–Kier alpha value is -2.32. The number of hydrogen-bond acceptors (Lipinski definition) is 6. The summed E-state index contributed by atoms with van der Waals surface area (Å²) in [4.78, 5) is 18.3. The number of rotatable bonds is 5. The third kappa shape index (κ3) is 3.60. The lowest BCUT2D eigenvalue weighted by Gasteiger charge is -2.15. The van der Waals surface area contributed by atoms with E-state index in [1.165, 1.54) is 23.5 Å². The van der Waals surface area contributed by atoms with Crippen LogP contribution in [0.1, 0.15) is 17.0 Å². The molecule has 6 nitrogen and oxygen atoms in total. The lowest BCUT2D eigenvalue weighted by Crippen LogP contribution is -2.30. The van der Waals surface area contributed by atoms with E-state index >= 15 is 0 Å². The summed E-state index contributed by atoms with van der Waals surface area (Å²) in [5, 5.41) is 7.13. The summed E-state index contributed by atoms with van der Waals surface area (Å²) in [7, 11) is 1.85. The van der Waals surface area contributed by atoms with Crippen LogP contribution in [0.3, 0.4) is 0 Å². The van der Waals surface area contributed by atoms with Gasteiger partial charge in [-0.15, -0.1) is 0 Å². The summed E-state index contributed by atoms with van der Waals surface area (Å²) >= 11 is 1.25. The maximum absolute atomic E-state index is 13.2. The van der Waals surface area contributed by atoms with Crippen LogP contribution in [0.5, 0.6) is 0 Å². The maximum Gasteiger partial charge on any atom is 0.240 e. The van der Waals surface area contributed by atoms with Gasteiger partial charge in [0.05, 0.1) is 22.5 Å². The first-order chi connectivity index (χ1) is 11.4. The van der Waals surface area contributed by atoms with Gasteiger partial charge in [0.1, 0.15) is 11.6 Å². The van der Waals surface area contributed by atoms with Crippen molar-refractivity contribution in [1.29, 1.82) is 0 Å². The van der Waals surface area contributed by atoms with E-state index in [9.17, 15) is 9.18 Å². The van der Waals surface area contributed by atoms with Crippen LogP contribution in [-0.4, -0.2) is 34.5 Å². The van der Waals surface area contributed by atoms with E-state index in [0.29, 0.717) is 21.9 Å². The monoisotopic (exact) mass is 348 g/mol. The first-order valence-corrected chi connectivity index (χ1v) is 8.20. The Morgan fingerprint density at radius 2 is 2.21 bits per heavy atom. The molecule has 1 N–H and O–H groups in total. The Morgan fingerprint density at radius 3 is 2.92 bits per heavy atom. The molecule has 0 aliphatic rings. The zero-order chi connectivity index (χ0) is 17.3. The smallest absolute Gasteiger partial charge is 0.240 e. The van der Waals surface area contributed by atoms with Gasteiger partial charge in [0, 0.05) is 12.1 Å². The third-order valence-corrected chi connectivity index (χ3v) is 4.55. The van der Waals surface area contributed by atoms with Crippen LogP contribution in [-0.2, 0) is 11.3 Å². The fourth-order valence-electron chi connectivity index (χ4n) is 2.41. The SMILES string of the molecule is Cc1noc(C)c1CN(C)CC(=O)Nc1nc2ccc(F)cc2s1. The number of nitrogens with one attached hydrogen (secondary N) is 1. The highest BCUT2D eigenvalue weighted by molar-refractivity contribution is 7.22. The molecule has 3 aromatic rings. The number of halogens is 1. The molecule has 0 radical (unpaired) electrons. The molecule has 24 heavy (non-hydrogen) atoms. The average molecular weight is 348 g/mol. The van der Waals surface area contributed by atoms with Gasteiger partial charge < -0.3 is 9.84 Å². The number of thiazole rings is 1. The number of benzene rings is 1. The van der Waals surface area contributed by atoms with Crippen LogP contribution in [0.15, 0.2) is 22.7 Å². The van der Waals surface area contributed by atoms with Crippen LogP contribution >= 0.6 is 11.3 Å². The average Bonchev–Trinajstić information content (AvgIpc) is 3.03. The standard InChI is InChI=1S/C16H17FN4O2S/c1-9-12(10(2)23-20-9)7-21(3)8-15(22)19-16-18-13-5-4-11(17)6-14(13)24-16/h4-6H,7-8H2,1-3H3,(H,18,19,22). The largest absolute Gasteiger partial charge is 0.361 e. The van der Waals surface area contributed by atoms with Gasteiger partial charge in [0.2, 0.25) is 5.91 Å². The number of nitrogens with zero attached hydrogens (tertiary/aromatic N) is 3. The molecule has 0 unspecified atom stereocenters. The Balaban J connectivity index is 1.62. The van der Waals surface area contributed by atoms with Crippen LogP contribution in [0.25, 0.3) is 10.2 Å². The van der Waals surface area contributed by atoms with E-state index in [1.807, 2.05) is 25.8 Å². The Kier molecular flexibility index (Phi) is 4.59. The van der Waals surface area contributed by atoms with Crippen molar-refractivity contribution in [2.45, 2.75) is 20.4 Å². The van der Waals surface area contributed by atoms with Gasteiger partial charge in [-0.3, -0.25) is 9.69 Å². The van der Waals surface area contributed by atoms with Crippen LogP contribution in [0.4, 0.5) is 9.52 Å². The van der Waals surface area contributed by atoms with Gasteiger partial charge in [-0.1, -0.05) is 16.5 Å². The second-order valence-corrected chi connectivity index (χ2v) is 6.68. The highest BCUT2D eigenvalue weighted by atomic mass is 32.1. The summed E-state index contributed by atoms with van der Waals surface area (Å²) in [6.07, 6.45) is 0. The predicted octanol–water partition coefficient (Wildman–Crippen LogP) is 3.11. The molecule has 0 aliphatic carbocycles. The number of carbonyl (C=O) groups is 1. The van der Waals surface area contributed by atoms with Crippen molar-refractivity contribution < 1.29 is 13.7 Å². The summed E-state index contributed by atoms with van der Waals surface area (Å²) in [5.41, 5.74) is 2.48. The molecule has 8 heteroatoms. The Bertz CT molecular complexity index is 870. The first kappa shape index (κ1) is 16.5. The van der Waals surface area contributed by atoms with E-state index in [1.54, 1.807) is 6.07 Å². The zero-order valence-electron chi connectivity index (χ0n) is 13.6. The lowest BCUT2D eigenvalue weighted by molar-refractivity contribution is -0.117. The molecule has 0 atom stereocenters. The van der Waals surface area contributed by atoms with Gasteiger partial charge in [-0.25, -0.2) is 9.37 Å². The molecule has 0 spiro atoms. The molecule has 1 amide bonds. The van der Waals surface area contributed by atoms with Gasteiger partial charge in [-0.2, -0.15) is 0 Å². The topological polar surface area (TPSA) is 71.3 Å². The molecule has 126 valence electrons. The highest BCUT2D eigenvalue weighted by Crippen LogP contribution is 2.26. The maximum atomic E-state index is 13.2. The number of carbonyl (C=O) groups excluding carboxylic acids is 1. The number of hydrogen-bond donors (Lipinski definition) is 1. The molecular formula is C16H17FN4O2S. The third-order valence-electron chi connectivity index (χ3n) is 3.62. The van der Waals surface area contributed by atoms with Gasteiger partial charge in [-0.05, 0) is 39.1 Å². The predicted molar refractivity (Wildman–Crippen MR) is 90.5 cm³/mol. The van der Waals surface area contributed by atoms with Crippen molar-refractivity contribution in [2.75, 3.05) is 18.9 Å². The minimum Gasteiger partial charge on any atom is -0.361 e. The van der Waals surface area contributed by atoms with Gasteiger partial charge >= 0.3 is 0 Å². The van der Waals surface area contributed by atoms with E-state index in [4.69, 9.17) is 4.52 Å². The molecule has 0 saturated carbocycles. The first-order valence-electron chi connectivity index (χ1n) is 7.38. The molecule has 0 saturated heterocycles. The lowest BCUT2D eigenvalue weighted by atomic mass is 10.2. The normalized spacial score (nSPS) is 11.4. The second-order valence-electron chi connectivity index (χ2n) is 5.65. The van der Waals surface area contributed by atoms with Crippen LogP contribution in [0.2, 0.25) is 0 Å². The molecule has 3 rings (SSSR count). The minimum atomic E-state index is -0.316. The fourth-order valence-corrected chi connectivity index (χ4v) is 3.32. The highest BCUT2D eigenvalue weighted by Gasteiger charge is 2.15. The Labute approximate surface area is 142 Å². The van der Waals surface area contributed by atoms with Crippen molar-refractivity contribution in [2.24, 2.45) is 0 Å². The van der Waals surface area contributed by atoms with Crippen molar-refractivity contribution >= 4 is 32.6 Å².